The lowest BCUT2D eigenvalue weighted by molar-refractivity contribution is -0.139. The number of rotatable bonds is 9. The molecule has 1 fully saturated rings. The number of nitrogens with zero attached hydrogens (tertiary/aromatic N) is 1. The lowest BCUT2D eigenvalue weighted by atomic mass is 10.1. The number of thioether (sulfide) groups is 1. The van der Waals surface area contributed by atoms with E-state index in [0.29, 0.717) is 36.0 Å². The van der Waals surface area contributed by atoms with E-state index in [2.05, 4.69) is 0 Å². The molecule has 0 aliphatic carbocycles. The highest BCUT2D eigenvalue weighted by Gasteiger charge is 2.37. The molecule has 0 unspecified atom stereocenters. The number of hydrogen-bond donors (Lipinski definition) is 1. The molecular weight excluding hydrogens is 422 g/mol. The highest BCUT2D eigenvalue weighted by molar-refractivity contribution is 8.19. The van der Waals surface area contributed by atoms with Gasteiger partial charge in [0, 0.05) is 0 Å². The van der Waals surface area contributed by atoms with Crippen LogP contribution in [0, 0.1) is 0 Å². The fourth-order valence-corrected chi connectivity index (χ4v) is 3.72. The Bertz CT molecular complexity index is 1030. The topological polar surface area (TPSA) is 102 Å². The lowest BCUT2D eigenvalue weighted by Gasteiger charge is -2.16. The van der Waals surface area contributed by atoms with E-state index in [9.17, 15) is 14.4 Å². The fourth-order valence-electron chi connectivity index (χ4n) is 2.89. The van der Waals surface area contributed by atoms with Crippen LogP contribution in [0.4, 0.5) is 10.5 Å². The first kappa shape index (κ1) is 22.2. The summed E-state index contributed by atoms with van der Waals surface area (Å²) < 4.78 is 16.3. The number of carbonyl (C=O) groups excluding carboxylic acids is 2. The van der Waals surface area contributed by atoms with Crippen molar-refractivity contribution in [3.8, 4) is 17.2 Å². The molecule has 2 amide bonds. The third kappa shape index (κ3) is 5.18. The zero-order valence-electron chi connectivity index (χ0n) is 17.0. The van der Waals surface area contributed by atoms with Crippen LogP contribution in [-0.2, 0) is 9.59 Å². The molecule has 0 bridgehead atoms. The molecule has 9 heteroatoms. The molecule has 1 N–H and O–H groups in total. The Labute approximate surface area is 183 Å². The third-order valence-corrected chi connectivity index (χ3v) is 4.99. The molecule has 3 rings (SSSR count). The fraction of sp³-hybridized carbons (Fsp3) is 0.227. The minimum Gasteiger partial charge on any atom is -0.492 e. The van der Waals surface area contributed by atoms with E-state index in [-0.39, 0.29) is 10.7 Å². The van der Waals surface area contributed by atoms with Crippen LogP contribution in [0.15, 0.2) is 47.4 Å². The van der Waals surface area contributed by atoms with E-state index in [4.69, 9.17) is 19.3 Å². The highest BCUT2D eigenvalue weighted by Crippen LogP contribution is 2.40. The van der Waals surface area contributed by atoms with Crippen LogP contribution in [0.25, 0.3) is 6.08 Å². The van der Waals surface area contributed by atoms with Gasteiger partial charge < -0.3 is 19.3 Å². The van der Waals surface area contributed by atoms with Crippen molar-refractivity contribution in [1.29, 1.82) is 0 Å². The SMILES string of the molecule is CCOc1cc(/C=C2/SC(=O)N(c3ccccc3OCC)C2=O)ccc1OCC(=O)O. The first-order valence-electron chi connectivity index (χ1n) is 9.55. The number of hydrogen-bond acceptors (Lipinski definition) is 7. The summed E-state index contributed by atoms with van der Waals surface area (Å²) in [6.07, 6.45) is 1.58. The molecule has 31 heavy (non-hydrogen) atoms. The number of anilines is 1. The molecule has 8 nitrogen and oxygen atoms in total. The first-order valence-corrected chi connectivity index (χ1v) is 10.4. The number of carboxylic acid groups (broad SMARTS) is 1. The van der Waals surface area contributed by atoms with E-state index in [1.807, 2.05) is 6.92 Å². The average Bonchev–Trinajstić information content (AvgIpc) is 3.01. The molecule has 0 spiro atoms. The van der Waals surface area contributed by atoms with Crippen molar-refractivity contribution in [3.63, 3.8) is 0 Å². The molecule has 1 heterocycles. The highest BCUT2D eigenvalue weighted by atomic mass is 32.2. The Morgan fingerprint density at radius 2 is 1.71 bits per heavy atom. The summed E-state index contributed by atoms with van der Waals surface area (Å²) in [4.78, 5) is 37.7. The summed E-state index contributed by atoms with van der Waals surface area (Å²) in [5, 5.41) is 8.38. The number of benzene rings is 2. The monoisotopic (exact) mass is 443 g/mol. The van der Waals surface area contributed by atoms with E-state index in [1.54, 1.807) is 55.5 Å². The first-order chi connectivity index (χ1) is 14.9. The zero-order chi connectivity index (χ0) is 22.4. The van der Waals surface area contributed by atoms with Crippen molar-refractivity contribution in [2.45, 2.75) is 13.8 Å². The zero-order valence-corrected chi connectivity index (χ0v) is 17.8. The lowest BCUT2D eigenvalue weighted by Crippen LogP contribution is -2.28. The summed E-state index contributed by atoms with van der Waals surface area (Å²) in [7, 11) is 0. The Morgan fingerprint density at radius 1 is 1.00 bits per heavy atom. The van der Waals surface area contributed by atoms with Gasteiger partial charge >= 0.3 is 5.97 Å². The maximum Gasteiger partial charge on any atom is 0.341 e. The van der Waals surface area contributed by atoms with E-state index >= 15 is 0 Å². The predicted octanol–water partition coefficient (Wildman–Crippen LogP) is 4.19. The second-order valence-electron chi connectivity index (χ2n) is 6.24. The van der Waals surface area contributed by atoms with Crippen LogP contribution < -0.4 is 19.1 Å². The smallest absolute Gasteiger partial charge is 0.341 e. The number of amides is 2. The van der Waals surface area contributed by atoms with Crippen LogP contribution >= 0.6 is 11.8 Å². The van der Waals surface area contributed by atoms with Crippen LogP contribution in [0.3, 0.4) is 0 Å². The van der Waals surface area contributed by atoms with Crippen LogP contribution in [0.1, 0.15) is 19.4 Å². The van der Waals surface area contributed by atoms with Gasteiger partial charge in [-0.3, -0.25) is 9.59 Å². The largest absolute Gasteiger partial charge is 0.492 e. The molecule has 1 aliphatic heterocycles. The predicted molar refractivity (Wildman–Crippen MR) is 117 cm³/mol. The molecule has 0 atom stereocenters. The summed E-state index contributed by atoms with van der Waals surface area (Å²) in [5.41, 5.74) is 0.998. The van der Waals surface area contributed by atoms with Gasteiger partial charge in [-0.05, 0) is 61.5 Å². The van der Waals surface area contributed by atoms with E-state index in [1.165, 1.54) is 0 Å². The Kier molecular flexibility index (Phi) is 7.19. The van der Waals surface area contributed by atoms with Crippen LogP contribution in [-0.4, -0.2) is 42.0 Å². The van der Waals surface area contributed by atoms with Gasteiger partial charge in [0.2, 0.25) is 0 Å². The second-order valence-corrected chi connectivity index (χ2v) is 7.23. The molecule has 1 saturated heterocycles. The van der Waals surface area contributed by atoms with Crippen molar-refractivity contribution in [1.82, 2.24) is 0 Å². The van der Waals surface area contributed by atoms with Crippen molar-refractivity contribution in [3.05, 3.63) is 52.9 Å². The van der Waals surface area contributed by atoms with E-state index in [0.717, 1.165) is 16.7 Å². The molecule has 2 aromatic rings. The average molecular weight is 443 g/mol. The molecule has 162 valence electrons. The molecular formula is C22H21NO7S. The Hall–Kier alpha value is -3.46. The number of imide groups is 1. The van der Waals surface area contributed by atoms with Gasteiger partial charge in [0.1, 0.15) is 5.75 Å². The van der Waals surface area contributed by atoms with Gasteiger partial charge in [-0.1, -0.05) is 18.2 Å². The van der Waals surface area contributed by atoms with Gasteiger partial charge in [-0.15, -0.1) is 0 Å². The van der Waals surface area contributed by atoms with Crippen molar-refractivity contribution in [2.75, 3.05) is 24.7 Å². The summed E-state index contributed by atoms with van der Waals surface area (Å²) in [5.74, 6) is -0.482. The van der Waals surface area contributed by atoms with Crippen molar-refractivity contribution < 1.29 is 33.7 Å². The Balaban J connectivity index is 1.89. The molecule has 2 aromatic carbocycles. The van der Waals surface area contributed by atoms with Gasteiger partial charge in [0.25, 0.3) is 11.1 Å². The van der Waals surface area contributed by atoms with Gasteiger partial charge in [0.15, 0.2) is 18.1 Å². The minimum atomic E-state index is -1.10. The maximum atomic E-state index is 13.0. The quantitative estimate of drug-likeness (QED) is 0.576. The molecule has 0 saturated carbocycles. The number of aliphatic carboxylic acids is 1. The second kappa shape index (κ2) is 10.0. The van der Waals surface area contributed by atoms with Crippen LogP contribution in [0.5, 0.6) is 17.2 Å². The maximum absolute atomic E-state index is 13.0. The van der Waals surface area contributed by atoms with Gasteiger partial charge in [-0.2, -0.15) is 0 Å². The standard InChI is InChI=1S/C22H21NO7S/c1-3-28-16-8-6-5-7-15(16)23-21(26)19(31-22(23)27)12-14-9-10-17(30-13-20(24)25)18(11-14)29-4-2/h5-12H,3-4,13H2,1-2H3,(H,24,25)/b19-12+. The number of para-hydroxylation sites is 2. The van der Waals surface area contributed by atoms with E-state index < -0.39 is 23.7 Å². The summed E-state index contributed by atoms with van der Waals surface area (Å²) >= 11 is 0.829. The molecule has 1 aliphatic rings. The van der Waals surface area contributed by atoms with Crippen LogP contribution in [0.2, 0.25) is 0 Å². The van der Waals surface area contributed by atoms with Gasteiger partial charge in [0.05, 0.1) is 23.8 Å². The number of carboxylic acids is 1. The van der Waals surface area contributed by atoms with Crippen molar-refractivity contribution >= 4 is 40.6 Å². The molecule has 0 aromatic heterocycles. The Morgan fingerprint density at radius 3 is 2.42 bits per heavy atom. The minimum absolute atomic E-state index is 0.248. The normalized spacial score (nSPS) is 14.8. The third-order valence-electron chi connectivity index (χ3n) is 4.12. The van der Waals surface area contributed by atoms with Gasteiger partial charge in [-0.25, -0.2) is 9.69 Å². The summed E-state index contributed by atoms with van der Waals surface area (Å²) in [6, 6.07) is 11.7. The summed E-state index contributed by atoms with van der Waals surface area (Å²) in [6.45, 7) is 3.86. The van der Waals surface area contributed by atoms with Crippen molar-refractivity contribution in [2.24, 2.45) is 0 Å². The number of ether oxygens (including phenoxy) is 3. The molecule has 0 radical (unpaired) electrons. The number of carbonyl (C=O) groups is 3.